The number of carboxylic acid groups (broad SMARTS) is 1. The second kappa shape index (κ2) is 13.5. The van der Waals surface area contributed by atoms with Crippen molar-refractivity contribution in [2.45, 2.75) is 95.7 Å². The van der Waals surface area contributed by atoms with Crippen molar-refractivity contribution in [1.82, 2.24) is 20.1 Å². The smallest absolute Gasteiger partial charge is 0.410 e. The molecule has 4 N–H and O–H groups in total. The number of carbonyl (C=O) groups is 3. The number of aliphatic hydroxyl groups excluding tert-OH is 1. The SMILES string of the molecule is Cc1cc(C(=O)NCC(O)CC2CC[C@@H](C)[C@](CCN3CCOCC34CCN(C(=O)OC(C)(C)C)C4)(C(=O)O)O2)cc2cc[nH]c12. The average Bonchev–Trinajstić information content (AvgIpc) is 3.64. The van der Waals surface area contributed by atoms with Gasteiger partial charge in [-0.3, -0.25) is 9.69 Å². The summed E-state index contributed by atoms with van der Waals surface area (Å²) in [5.74, 6) is -1.52. The van der Waals surface area contributed by atoms with Gasteiger partial charge in [-0.2, -0.15) is 0 Å². The third kappa shape index (κ3) is 7.35. The number of ether oxygens (including phenoxy) is 3. The van der Waals surface area contributed by atoms with Gasteiger partial charge in [0.15, 0.2) is 5.60 Å². The Balaban J connectivity index is 1.19. The van der Waals surface area contributed by atoms with Crippen molar-refractivity contribution < 1.29 is 38.8 Å². The number of likely N-dealkylation sites (tertiary alicyclic amines) is 1. The molecular formula is C34H50N4O8. The largest absolute Gasteiger partial charge is 0.479 e. The molecule has 0 bridgehead atoms. The second-order valence-electron chi connectivity index (χ2n) is 14.4. The van der Waals surface area contributed by atoms with Crippen molar-refractivity contribution in [2.75, 3.05) is 45.9 Å². The van der Waals surface area contributed by atoms with Crippen molar-refractivity contribution in [2.24, 2.45) is 5.92 Å². The third-order valence-corrected chi connectivity index (χ3v) is 9.89. The molecule has 5 rings (SSSR count). The molecule has 0 radical (unpaired) electrons. The molecule has 12 nitrogen and oxygen atoms in total. The number of aromatic amines is 1. The maximum atomic E-state index is 12.9. The van der Waals surface area contributed by atoms with Crippen LogP contribution in [0.2, 0.25) is 0 Å². The zero-order chi connectivity index (χ0) is 33.3. The molecule has 3 unspecified atom stereocenters. The Morgan fingerprint density at radius 3 is 2.74 bits per heavy atom. The number of H-pyrrole nitrogens is 1. The molecule has 4 heterocycles. The van der Waals surface area contributed by atoms with Gasteiger partial charge in [0.2, 0.25) is 0 Å². The summed E-state index contributed by atoms with van der Waals surface area (Å²) in [6, 6.07) is 5.54. The van der Waals surface area contributed by atoms with Gasteiger partial charge < -0.3 is 39.6 Å². The van der Waals surface area contributed by atoms with Crippen LogP contribution in [0.3, 0.4) is 0 Å². The standard InChI is InChI=1S/C34H50N4O8/c1-22-16-25(17-24-8-11-35-28(22)24)29(40)36-19-26(39)18-27-7-6-23(2)34(45-27,30(41)42)10-13-38-14-15-44-21-33(38)9-12-37(20-33)31(43)46-32(3,4)5/h8,11,16-17,23,26-27,35,39H,6-7,9-10,12-15,18-21H2,1-5H3,(H,36,40)(H,41,42)/t23-,26?,27?,33?,34-/m1/s1. The molecule has 1 spiro atoms. The fourth-order valence-electron chi connectivity index (χ4n) is 7.30. The van der Waals surface area contributed by atoms with Gasteiger partial charge in [-0.1, -0.05) is 6.92 Å². The van der Waals surface area contributed by atoms with E-state index in [4.69, 9.17) is 14.2 Å². The number of nitrogens with zero attached hydrogens (tertiary/aromatic N) is 2. The predicted molar refractivity (Wildman–Crippen MR) is 172 cm³/mol. The average molecular weight is 643 g/mol. The Bertz CT molecular complexity index is 1420. The minimum Gasteiger partial charge on any atom is -0.479 e. The number of benzene rings is 1. The van der Waals surface area contributed by atoms with Gasteiger partial charge in [-0.05, 0) is 76.6 Å². The first-order valence-corrected chi connectivity index (χ1v) is 16.5. The molecule has 0 saturated carbocycles. The Morgan fingerprint density at radius 1 is 1.22 bits per heavy atom. The molecule has 3 aliphatic heterocycles. The van der Waals surface area contributed by atoms with E-state index in [1.54, 1.807) is 4.90 Å². The molecule has 3 saturated heterocycles. The molecule has 3 fully saturated rings. The molecule has 3 aliphatic rings. The highest BCUT2D eigenvalue weighted by molar-refractivity contribution is 5.99. The third-order valence-electron chi connectivity index (χ3n) is 9.89. The van der Waals surface area contributed by atoms with E-state index in [1.807, 2.05) is 59.0 Å². The number of aliphatic hydroxyl groups is 1. The summed E-state index contributed by atoms with van der Waals surface area (Å²) in [5.41, 5.74) is 0.0333. The normalized spacial score (nSPS) is 28.0. The molecule has 1 aromatic carbocycles. The number of amides is 2. The zero-order valence-electron chi connectivity index (χ0n) is 27.8. The lowest BCUT2D eigenvalue weighted by molar-refractivity contribution is -0.204. The van der Waals surface area contributed by atoms with Gasteiger partial charge in [0.1, 0.15) is 5.60 Å². The Hall–Kier alpha value is -3.19. The van der Waals surface area contributed by atoms with Crippen molar-refractivity contribution in [3.05, 3.63) is 35.5 Å². The number of aliphatic carboxylic acids is 1. The molecule has 12 heteroatoms. The minimum atomic E-state index is -1.42. The summed E-state index contributed by atoms with van der Waals surface area (Å²) in [4.78, 5) is 45.7. The lowest BCUT2D eigenvalue weighted by Gasteiger charge is -2.48. The van der Waals surface area contributed by atoms with Gasteiger partial charge in [0.05, 0.1) is 31.0 Å². The van der Waals surface area contributed by atoms with Crippen LogP contribution in [0.25, 0.3) is 10.9 Å². The van der Waals surface area contributed by atoms with Crippen molar-refractivity contribution in [3.8, 4) is 0 Å². The lowest BCUT2D eigenvalue weighted by atomic mass is 9.78. The molecule has 0 aliphatic carbocycles. The summed E-state index contributed by atoms with van der Waals surface area (Å²) in [6.07, 6.45) is 2.57. The maximum Gasteiger partial charge on any atom is 0.410 e. The van der Waals surface area contributed by atoms with Crippen LogP contribution in [0.4, 0.5) is 4.79 Å². The van der Waals surface area contributed by atoms with Crippen LogP contribution in [0, 0.1) is 12.8 Å². The predicted octanol–water partition coefficient (Wildman–Crippen LogP) is 3.70. The Morgan fingerprint density at radius 2 is 2.00 bits per heavy atom. The van der Waals surface area contributed by atoms with Crippen LogP contribution in [0.5, 0.6) is 0 Å². The summed E-state index contributed by atoms with van der Waals surface area (Å²) < 4.78 is 17.9. The number of hydrogen-bond donors (Lipinski definition) is 4. The quantitative estimate of drug-likeness (QED) is 0.321. The fraction of sp³-hybridized carbons (Fsp3) is 0.676. The maximum absolute atomic E-state index is 12.9. The molecule has 254 valence electrons. The van der Waals surface area contributed by atoms with Crippen LogP contribution < -0.4 is 5.32 Å². The number of carboxylic acids is 1. The van der Waals surface area contributed by atoms with Crippen LogP contribution in [0.1, 0.15) is 75.7 Å². The number of hydrogen-bond acceptors (Lipinski definition) is 8. The zero-order valence-corrected chi connectivity index (χ0v) is 27.8. The van der Waals surface area contributed by atoms with Gasteiger partial charge >= 0.3 is 12.1 Å². The molecule has 46 heavy (non-hydrogen) atoms. The van der Waals surface area contributed by atoms with Crippen molar-refractivity contribution in [3.63, 3.8) is 0 Å². The summed E-state index contributed by atoms with van der Waals surface area (Å²) in [5, 5.41) is 25.2. The first kappa shape index (κ1) is 34.2. The highest BCUT2D eigenvalue weighted by atomic mass is 16.6. The molecule has 2 aromatic rings. The number of carbonyl (C=O) groups excluding carboxylic acids is 2. The van der Waals surface area contributed by atoms with E-state index in [0.717, 1.165) is 16.5 Å². The second-order valence-corrected chi connectivity index (χ2v) is 14.4. The molecule has 1 aromatic heterocycles. The van der Waals surface area contributed by atoms with Gasteiger partial charge in [-0.25, -0.2) is 9.59 Å². The number of nitrogens with one attached hydrogen (secondary N) is 2. The van der Waals surface area contributed by atoms with E-state index < -0.39 is 34.9 Å². The van der Waals surface area contributed by atoms with E-state index in [2.05, 4.69) is 15.2 Å². The van der Waals surface area contributed by atoms with Crippen LogP contribution in [-0.4, -0.2) is 118 Å². The van der Waals surface area contributed by atoms with E-state index >= 15 is 0 Å². The van der Waals surface area contributed by atoms with Crippen molar-refractivity contribution in [1.29, 1.82) is 0 Å². The van der Waals surface area contributed by atoms with E-state index in [9.17, 15) is 24.6 Å². The Kier molecular flexibility index (Phi) is 10.0. The summed E-state index contributed by atoms with van der Waals surface area (Å²) >= 11 is 0. The van der Waals surface area contributed by atoms with E-state index in [0.29, 0.717) is 64.2 Å². The van der Waals surface area contributed by atoms with Crippen molar-refractivity contribution >= 4 is 28.9 Å². The topological polar surface area (TPSA) is 154 Å². The number of aryl methyl sites for hydroxylation is 1. The number of morpholine rings is 1. The molecule has 2 amide bonds. The molecule has 5 atom stereocenters. The number of fused-ring (bicyclic) bond motifs is 1. The van der Waals surface area contributed by atoms with Crippen LogP contribution in [0.15, 0.2) is 24.4 Å². The van der Waals surface area contributed by atoms with Gasteiger partial charge in [0.25, 0.3) is 5.91 Å². The minimum absolute atomic E-state index is 0.0307. The van der Waals surface area contributed by atoms with Gasteiger partial charge in [0, 0.05) is 68.2 Å². The highest BCUT2D eigenvalue weighted by Gasteiger charge is 2.52. The fourth-order valence-corrected chi connectivity index (χ4v) is 7.30. The summed E-state index contributed by atoms with van der Waals surface area (Å²) in [7, 11) is 0. The highest BCUT2D eigenvalue weighted by Crippen LogP contribution is 2.40. The summed E-state index contributed by atoms with van der Waals surface area (Å²) in [6.45, 7) is 12.5. The lowest BCUT2D eigenvalue weighted by Crippen LogP contribution is -2.61. The van der Waals surface area contributed by atoms with Gasteiger partial charge in [-0.15, -0.1) is 0 Å². The first-order valence-electron chi connectivity index (χ1n) is 16.5. The van der Waals surface area contributed by atoms with Crippen LogP contribution in [-0.2, 0) is 19.0 Å². The molecular weight excluding hydrogens is 592 g/mol. The van der Waals surface area contributed by atoms with Crippen LogP contribution >= 0.6 is 0 Å². The number of aromatic nitrogens is 1. The Labute approximate surface area is 270 Å². The monoisotopic (exact) mass is 642 g/mol. The first-order chi connectivity index (χ1) is 21.7. The van der Waals surface area contributed by atoms with E-state index in [-0.39, 0.29) is 37.3 Å². The van der Waals surface area contributed by atoms with E-state index in [1.165, 1.54) is 0 Å². The number of rotatable bonds is 9.